The van der Waals surface area contributed by atoms with Gasteiger partial charge in [-0.05, 0) is 18.2 Å². The molecule has 0 aromatic carbocycles. The van der Waals surface area contributed by atoms with E-state index in [2.05, 4.69) is 16.2 Å². The highest BCUT2D eigenvalue weighted by Crippen LogP contribution is 2.25. The van der Waals surface area contributed by atoms with E-state index >= 15 is 0 Å². The summed E-state index contributed by atoms with van der Waals surface area (Å²) >= 11 is 0. The first-order chi connectivity index (χ1) is 6.92. The van der Waals surface area contributed by atoms with Gasteiger partial charge in [-0.1, -0.05) is 6.07 Å². The summed E-state index contributed by atoms with van der Waals surface area (Å²) in [7, 11) is 1.62. The minimum absolute atomic E-state index is 0.735. The third-order valence-corrected chi connectivity index (χ3v) is 1.86. The van der Waals surface area contributed by atoms with E-state index in [0.29, 0.717) is 0 Å². The maximum atomic E-state index is 5.19. The van der Waals surface area contributed by atoms with Gasteiger partial charge >= 0.3 is 0 Å². The summed E-state index contributed by atoms with van der Waals surface area (Å²) in [5, 5.41) is 0. The number of hydrogen-bond acceptors (Lipinski definition) is 3. The molecule has 2 aromatic rings. The minimum atomic E-state index is 0.735. The molecule has 0 bridgehead atoms. The molecule has 0 aliphatic heterocycles. The fraction of sp³-hybridized carbons (Fsp3) is 0.0909. The second-order valence-electron chi connectivity index (χ2n) is 2.71. The summed E-state index contributed by atoms with van der Waals surface area (Å²) < 4.78 is 5.19. The standard InChI is InChI=1S/C11H9N2O/c1-14-11-5-7-12-8-9(11)10-4-2-3-6-13-10/h2-7H,1H3. The molecule has 0 N–H and O–H groups in total. The Balaban J connectivity index is 2.51. The van der Waals surface area contributed by atoms with Crippen LogP contribution < -0.4 is 4.74 Å². The Bertz CT molecular complexity index is 415. The Morgan fingerprint density at radius 3 is 2.86 bits per heavy atom. The number of ether oxygens (including phenoxy) is 1. The molecule has 0 aliphatic rings. The van der Waals surface area contributed by atoms with Crippen molar-refractivity contribution < 1.29 is 4.74 Å². The molecule has 14 heavy (non-hydrogen) atoms. The summed E-state index contributed by atoms with van der Waals surface area (Å²) in [6.07, 6.45) is 6.24. The number of methoxy groups -OCH3 is 1. The minimum Gasteiger partial charge on any atom is -0.496 e. The summed E-state index contributed by atoms with van der Waals surface area (Å²) in [5.41, 5.74) is 1.60. The maximum Gasteiger partial charge on any atom is 0.132 e. The molecule has 0 saturated heterocycles. The molecular weight excluding hydrogens is 176 g/mol. The molecule has 2 rings (SSSR count). The highest BCUT2D eigenvalue weighted by atomic mass is 16.5. The van der Waals surface area contributed by atoms with Crippen LogP contribution in [0.5, 0.6) is 5.75 Å². The second kappa shape index (κ2) is 3.87. The molecule has 3 heteroatoms. The lowest BCUT2D eigenvalue weighted by Crippen LogP contribution is -1.90. The van der Waals surface area contributed by atoms with Gasteiger partial charge in [0.25, 0.3) is 0 Å². The Kier molecular flexibility index (Phi) is 2.40. The number of rotatable bonds is 2. The molecular formula is C11H9N2O. The predicted molar refractivity (Wildman–Crippen MR) is 52.9 cm³/mol. The van der Waals surface area contributed by atoms with Gasteiger partial charge in [-0.3, -0.25) is 9.97 Å². The highest BCUT2D eigenvalue weighted by molar-refractivity contribution is 5.64. The van der Waals surface area contributed by atoms with Crippen LogP contribution in [0, 0.1) is 6.20 Å². The van der Waals surface area contributed by atoms with E-state index in [1.165, 1.54) is 0 Å². The molecule has 2 heterocycles. The van der Waals surface area contributed by atoms with Crippen molar-refractivity contribution in [2.24, 2.45) is 0 Å². The lowest BCUT2D eigenvalue weighted by molar-refractivity contribution is 0.415. The van der Waals surface area contributed by atoms with Gasteiger partial charge in [0.05, 0.1) is 18.4 Å². The second-order valence-corrected chi connectivity index (χ2v) is 2.71. The molecule has 0 unspecified atom stereocenters. The average Bonchev–Trinajstić information content (AvgIpc) is 2.30. The third-order valence-electron chi connectivity index (χ3n) is 1.86. The van der Waals surface area contributed by atoms with Gasteiger partial charge in [0, 0.05) is 12.4 Å². The Morgan fingerprint density at radius 2 is 2.14 bits per heavy atom. The van der Waals surface area contributed by atoms with Gasteiger partial charge in [0.15, 0.2) is 0 Å². The summed E-state index contributed by atoms with van der Waals surface area (Å²) in [4.78, 5) is 8.13. The SMILES string of the molecule is COc1ccn[c]c1-c1ccccn1. The van der Waals surface area contributed by atoms with Crippen LogP contribution in [-0.4, -0.2) is 17.1 Å². The lowest BCUT2D eigenvalue weighted by atomic mass is 10.2. The highest BCUT2D eigenvalue weighted by Gasteiger charge is 2.05. The zero-order valence-electron chi connectivity index (χ0n) is 7.77. The van der Waals surface area contributed by atoms with Crippen LogP contribution >= 0.6 is 0 Å². The van der Waals surface area contributed by atoms with Crippen molar-refractivity contribution in [1.82, 2.24) is 9.97 Å². The van der Waals surface area contributed by atoms with E-state index in [4.69, 9.17) is 4.74 Å². The Morgan fingerprint density at radius 1 is 1.21 bits per heavy atom. The van der Waals surface area contributed by atoms with Gasteiger partial charge in [0.2, 0.25) is 0 Å². The van der Waals surface area contributed by atoms with E-state index in [9.17, 15) is 0 Å². The van der Waals surface area contributed by atoms with Gasteiger partial charge < -0.3 is 4.74 Å². The average molecular weight is 185 g/mol. The number of nitrogens with zero attached hydrogens (tertiary/aromatic N) is 2. The van der Waals surface area contributed by atoms with E-state index in [-0.39, 0.29) is 0 Å². The monoisotopic (exact) mass is 185 g/mol. The topological polar surface area (TPSA) is 35.0 Å². The van der Waals surface area contributed by atoms with Crippen LogP contribution in [0.1, 0.15) is 0 Å². The van der Waals surface area contributed by atoms with Crippen LogP contribution in [0.3, 0.4) is 0 Å². The van der Waals surface area contributed by atoms with Crippen molar-refractivity contribution in [1.29, 1.82) is 0 Å². The van der Waals surface area contributed by atoms with E-state index in [1.807, 2.05) is 18.2 Å². The fourth-order valence-electron chi connectivity index (χ4n) is 1.21. The molecule has 0 fully saturated rings. The summed E-state index contributed by atoms with van der Waals surface area (Å²) in [6, 6.07) is 7.48. The van der Waals surface area contributed by atoms with E-state index < -0.39 is 0 Å². The van der Waals surface area contributed by atoms with Crippen molar-refractivity contribution in [2.75, 3.05) is 7.11 Å². The quantitative estimate of drug-likeness (QED) is 0.717. The first-order valence-electron chi connectivity index (χ1n) is 4.24. The van der Waals surface area contributed by atoms with Crippen LogP contribution in [0.2, 0.25) is 0 Å². The molecule has 0 aliphatic carbocycles. The molecule has 2 aromatic heterocycles. The first kappa shape index (κ1) is 8.69. The van der Waals surface area contributed by atoms with Crippen LogP contribution in [0.25, 0.3) is 11.3 Å². The van der Waals surface area contributed by atoms with Gasteiger partial charge in [-0.2, -0.15) is 0 Å². The van der Waals surface area contributed by atoms with Crippen LogP contribution in [0.4, 0.5) is 0 Å². The molecule has 0 atom stereocenters. The largest absolute Gasteiger partial charge is 0.496 e. The molecule has 0 spiro atoms. The number of hydrogen-bond donors (Lipinski definition) is 0. The summed E-state index contributed by atoms with van der Waals surface area (Å²) in [5.74, 6) is 0.735. The summed E-state index contributed by atoms with van der Waals surface area (Å²) in [6.45, 7) is 0. The smallest absolute Gasteiger partial charge is 0.132 e. The van der Waals surface area contributed by atoms with Gasteiger partial charge in [-0.15, -0.1) is 0 Å². The lowest BCUT2D eigenvalue weighted by Gasteiger charge is -2.05. The fourth-order valence-corrected chi connectivity index (χ4v) is 1.21. The molecule has 69 valence electrons. The number of aromatic nitrogens is 2. The maximum absolute atomic E-state index is 5.19. The van der Waals surface area contributed by atoms with E-state index in [1.54, 1.807) is 25.6 Å². The zero-order chi connectivity index (χ0) is 9.80. The van der Waals surface area contributed by atoms with Gasteiger partial charge in [0.1, 0.15) is 11.9 Å². The van der Waals surface area contributed by atoms with E-state index in [0.717, 1.165) is 17.0 Å². The Labute approximate surface area is 82.4 Å². The van der Waals surface area contributed by atoms with Crippen LogP contribution in [0.15, 0.2) is 36.7 Å². The predicted octanol–water partition coefficient (Wildman–Crippen LogP) is 1.95. The van der Waals surface area contributed by atoms with Crippen LogP contribution in [-0.2, 0) is 0 Å². The van der Waals surface area contributed by atoms with Crippen molar-refractivity contribution in [3.8, 4) is 17.0 Å². The molecule has 3 nitrogen and oxygen atoms in total. The van der Waals surface area contributed by atoms with Gasteiger partial charge in [-0.25, -0.2) is 0 Å². The third kappa shape index (κ3) is 1.57. The molecule has 0 amide bonds. The Hall–Kier alpha value is -1.90. The number of pyridine rings is 2. The molecule has 0 saturated carbocycles. The van der Waals surface area contributed by atoms with Crippen molar-refractivity contribution in [3.63, 3.8) is 0 Å². The van der Waals surface area contributed by atoms with Crippen molar-refractivity contribution >= 4 is 0 Å². The van der Waals surface area contributed by atoms with Crippen molar-refractivity contribution in [2.45, 2.75) is 0 Å². The normalized spacial score (nSPS) is 9.79. The molecule has 1 radical (unpaired) electrons. The zero-order valence-corrected chi connectivity index (χ0v) is 7.77. The first-order valence-corrected chi connectivity index (χ1v) is 4.24. The van der Waals surface area contributed by atoms with Crippen molar-refractivity contribution in [3.05, 3.63) is 42.9 Å².